The number of pyridine rings is 1. The fraction of sp³-hybridized carbons (Fsp3) is 0.429. The first-order valence-corrected chi connectivity index (χ1v) is 9.06. The van der Waals surface area contributed by atoms with Gasteiger partial charge in [0.05, 0.1) is 5.92 Å². The van der Waals surface area contributed by atoms with Crippen LogP contribution in [-0.4, -0.2) is 10.9 Å². The van der Waals surface area contributed by atoms with Crippen LogP contribution in [0.2, 0.25) is 0 Å². The van der Waals surface area contributed by atoms with E-state index in [0.29, 0.717) is 11.5 Å². The monoisotopic (exact) mass is 338 g/mol. The van der Waals surface area contributed by atoms with Crippen molar-refractivity contribution in [1.82, 2.24) is 10.3 Å². The second-order valence-electron chi connectivity index (χ2n) is 7.08. The summed E-state index contributed by atoms with van der Waals surface area (Å²) >= 11 is 0. The number of carbonyl (C=O) groups is 1. The van der Waals surface area contributed by atoms with E-state index >= 15 is 0 Å². The molecule has 4 nitrogen and oxygen atoms in total. The van der Waals surface area contributed by atoms with Crippen LogP contribution in [0.4, 0.5) is 0 Å². The van der Waals surface area contributed by atoms with Gasteiger partial charge < -0.3 is 10.3 Å². The van der Waals surface area contributed by atoms with Gasteiger partial charge in [-0.2, -0.15) is 0 Å². The fourth-order valence-corrected chi connectivity index (χ4v) is 3.19. The summed E-state index contributed by atoms with van der Waals surface area (Å²) in [4.78, 5) is 27.5. The van der Waals surface area contributed by atoms with Gasteiger partial charge in [-0.3, -0.25) is 9.59 Å². The summed E-state index contributed by atoms with van der Waals surface area (Å²) in [5.74, 6) is 0.359. The molecule has 0 unspecified atom stereocenters. The van der Waals surface area contributed by atoms with Crippen molar-refractivity contribution in [3.63, 3.8) is 0 Å². The molecule has 1 aliphatic rings. The van der Waals surface area contributed by atoms with E-state index < -0.39 is 0 Å². The number of H-pyrrole nitrogens is 1. The Morgan fingerprint density at radius 1 is 1.24 bits per heavy atom. The molecule has 1 amide bonds. The van der Waals surface area contributed by atoms with E-state index in [0.717, 1.165) is 12.0 Å². The van der Waals surface area contributed by atoms with Crippen LogP contribution >= 0.6 is 0 Å². The number of aromatic amines is 1. The molecule has 1 heterocycles. The summed E-state index contributed by atoms with van der Waals surface area (Å²) in [6.07, 6.45) is 4.90. The molecule has 4 heteroatoms. The average molecular weight is 338 g/mol. The van der Waals surface area contributed by atoms with Crippen LogP contribution in [0.5, 0.6) is 0 Å². The number of hydrogen-bond donors (Lipinski definition) is 2. The highest BCUT2D eigenvalue weighted by Crippen LogP contribution is 2.39. The lowest BCUT2D eigenvalue weighted by atomic mass is 9.93. The Hall–Kier alpha value is -2.36. The summed E-state index contributed by atoms with van der Waals surface area (Å²) in [7, 11) is 0. The van der Waals surface area contributed by atoms with Gasteiger partial charge in [-0.05, 0) is 67.3 Å². The maximum atomic E-state index is 12.7. The standard InChI is InChI=1S/C21H26N2O2/c1-4-19(16-6-5-13(2)14(3)9-16)21(25)23-12-18-10-17(15-7-8-15)11-22-20(18)24/h5-6,9-11,15,19H,4,7-8,12H2,1-3H3,(H,22,24)(H,23,25)/t19-/m0/s1. The van der Waals surface area contributed by atoms with Crippen molar-refractivity contribution in [2.75, 3.05) is 0 Å². The molecule has 0 saturated heterocycles. The number of aromatic nitrogens is 1. The highest BCUT2D eigenvalue weighted by molar-refractivity contribution is 5.83. The first kappa shape index (κ1) is 17.5. The Morgan fingerprint density at radius 2 is 2.00 bits per heavy atom. The van der Waals surface area contributed by atoms with Gasteiger partial charge >= 0.3 is 0 Å². The molecule has 1 aromatic carbocycles. The van der Waals surface area contributed by atoms with Crippen molar-refractivity contribution in [1.29, 1.82) is 0 Å². The molecule has 1 aliphatic carbocycles. The van der Waals surface area contributed by atoms with E-state index in [1.54, 1.807) is 6.20 Å². The molecular weight excluding hydrogens is 312 g/mol. The Kier molecular flexibility index (Phi) is 5.07. The second kappa shape index (κ2) is 7.26. The number of hydrogen-bond acceptors (Lipinski definition) is 2. The van der Waals surface area contributed by atoms with E-state index in [4.69, 9.17) is 0 Å². The molecule has 3 rings (SSSR count). The van der Waals surface area contributed by atoms with Gasteiger partial charge in [0.1, 0.15) is 0 Å². The number of carbonyl (C=O) groups excluding carboxylic acids is 1. The zero-order valence-electron chi connectivity index (χ0n) is 15.2. The van der Waals surface area contributed by atoms with Crippen LogP contribution in [0.1, 0.15) is 65.8 Å². The normalized spacial score (nSPS) is 15.0. The molecule has 2 aromatic rings. The first-order valence-electron chi connectivity index (χ1n) is 9.06. The molecule has 0 spiro atoms. The molecule has 2 N–H and O–H groups in total. The number of aryl methyl sites for hydroxylation is 2. The number of rotatable bonds is 6. The highest BCUT2D eigenvalue weighted by atomic mass is 16.2. The van der Waals surface area contributed by atoms with Gasteiger partial charge in [-0.15, -0.1) is 0 Å². The van der Waals surface area contributed by atoms with Gasteiger partial charge in [-0.25, -0.2) is 0 Å². The van der Waals surface area contributed by atoms with Crippen molar-refractivity contribution in [3.8, 4) is 0 Å². The van der Waals surface area contributed by atoms with Crippen LogP contribution in [0.25, 0.3) is 0 Å². The molecule has 0 bridgehead atoms. The maximum Gasteiger partial charge on any atom is 0.252 e. The Bertz CT molecular complexity index is 834. The Morgan fingerprint density at radius 3 is 2.64 bits per heavy atom. The van der Waals surface area contributed by atoms with Gasteiger partial charge in [0.15, 0.2) is 0 Å². The number of nitrogens with one attached hydrogen (secondary N) is 2. The van der Waals surface area contributed by atoms with Gasteiger partial charge in [0, 0.05) is 18.3 Å². The number of benzene rings is 1. The summed E-state index contributed by atoms with van der Waals surface area (Å²) in [5, 5.41) is 2.95. The molecule has 1 aromatic heterocycles. The third-order valence-corrected chi connectivity index (χ3v) is 5.16. The largest absolute Gasteiger partial charge is 0.351 e. The third-order valence-electron chi connectivity index (χ3n) is 5.16. The first-order chi connectivity index (χ1) is 12.0. The van der Waals surface area contributed by atoms with Crippen LogP contribution in [0.15, 0.2) is 35.3 Å². The van der Waals surface area contributed by atoms with Crippen molar-refractivity contribution in [2.45, 2.75) is 58.4 Å². The Balaban J connectivity index is 1.71. The minimum Gasteiger partial charge on any atom is -0.351 e. The SMILES string of the molecule is CC[C@H](C(=O)NCc1cc(C2CC2)c[nH]c1=O)c1ccc(C)c(C)c1. The fourth-order valence-electron chi connectivity index (χ4n) is 3.19. The maximum absolute atomic E-state index is 12.7. The number of amides is 1. The van der Waals surface area contributed by atoms with E-state index in [-0.39, 0.29) is 23.9 Å². The summed E-state index contributed by atoms with van der Waals surface area (Å²) in [6.45, 7) is 6.42. The smallest absolute Gasteiger partial charge is 0.252 e. The van der Waals surface area contributed by atoms with Crippen molar-refractivity contribution in [3.05, 3.63) is 68.6 Å². The summed E-state index contributed by atoms with van der Waals surface area (Å²) in [6, 6.07) is 8.11. The van der Waals surface area contributed by atoms with Gasteiger partial charge in [0.2, 0.25) is 5.91 Å². The molecule has 1 saturated carbocycles. The molecular formula is C21H26N2O2. The lowest BCUT2D eigenvalue weighted by Crippen LogP contribution is -2.31. The molecule has 1 fully saturated rings. The molecule has 0 aliphatic heterocycles. The van der Waals surface area contributed by atoms with Crippen LogP contribution in [0, 0.1) is 13.8 Å². The third kappa shape index (κ3) is 4.01. The predicted octanol–water partition coefficient (Wildman–Crippen LogP) is 3.68. The topological polar surface area (TPSA) is 62.0 Å². The zero-order valence-corrected chi connectivity index (χ0v) is 15.2. The minimum absolute atomic E-state index is 0.0259. The van der Waals surface area contributed by atoms with Gasteiger partial charge in [-0.1, -0.05) is 25.1 Å². The summed E-state index contributed by atoms with van der Waals surface area (Å²) < 4.78 is 0. The quantitative estimate of drug-likeness (QED) is 0.844. The molecule has 1 atom stereocenters. The van der Waals surface area contributed by atoms with E-state index in [2.05, 4.69) is 36.3 Å². The lowest BCUT2D eigenvalue weighted by molar-refractivity contribution is -0.122. The lowest BCUT2D eigenvalue weighted by Gasteiger charge is -2.17. The second-order valence-corrected chi connectivity index (χ2v) is 7.08. The van der Waals surface area contributed by atoms with Crippen LogP contribution in [0.3, 0.4) is 0 Å². The zero-order chi connectivity index (χ0) is 18.0. The molecule has 0 radical (unpaired) electrons. The van der Waals surface area contributed by atoms with E-state index in [9.17, 15) is 9.59 Å². The minimum atomic E-state index is -0.190. The van der Waals surface area contributed by atoms with E-state index in [1.807, 2.05) is 19.1 Å². The van der Waals surface area contributed by atoms with Crippen LogP contribution in [-0.2, 0) is 11.3 Å². The van der Waals surface area contributed by atoms with Crippen molar-refractivity contribution >= 4 is 5.91 Å². The van der Waals surface area contributed by atoms with Crippen molar-refractivity contribution < 1.29 is 4.79 Å². The van der Waals surface area contributed by atoms with Crippen LogP contribution < -0.4 is 10.9 Å². The van der Waals surface area contributed by atoms with E-state index in [1.165, 1.54) is 29.5 Å². The predicted molar refractivity (Wildman–Crippen MR) is 99.8 cm³/mol. The highest BCUT2D eigenvalue weighted by Gasteiger charge is 2.24. The van der Waals surface area contributed by atoms with Gasteiger partial charge in [0.25, 0.3) is 5.56 Å². The molecule has 25 heavy (non-hydrogen) atoms. The summed E-state index contributed by atoms with van der Waals surface area (Å²) in [5.41, 5.74) is 5.13. The van der Waals surface area contributed by atoms with Crippen molar-refractivity contribution in [2.24, 2.45) is 0 Å². The molecule has 132 valence electrons. The average Bonchev–Trinajstić information content (AvgIpc) is 3.43. The Labute approximate surface area is 148 Å².